The van der Waals surface area contributed by atoms with Gasteiger partial charge < -0.3 is 0 Å². The predicted molar refractivity (Wildman–Crippen MR) is 66.7 cm³/mol. The second-order valence-electron chi connectivity index (χ2n) is 4.06. The van der Waals surface area contributed by atoms with Gasteiger partial charge in [-0.3, -0.25) is 16.0 Å². The minimum atomic E-state index is 0.102. The van der Waals surface area contributed by atoms with E-state index in [0.29, 0.717) is 0 Å². The monoisotopic (exact) mass is 222 g/mol. The zero-order chi connectivity index (χ0) is 12.1. The molecule has 0 radical (unpaired) electrons. The Morgan fingerprint density at radius 2 is 2.31 bits per heavy atom. The van der Waals surface area contributed by atoms with Crippen LogP contribution in [0.1, 0.15) is 44.1 Å². The van der Waals surface area contributed by atoms with Crippen LogP contribution >= 0.6 is 0 Å². The molecule has 0 aliphatic heterocycles. The highest BCUT2D eigenvalue weighted by Gasteiger charge is 2.15. The van der Waals surface area contributed by atoms with Gasteiger partial charge in [0.1, 0.15) is 0 Å². The molecule has 4 nitrogen and oxygen atoms in total. The molecule has 0 aliphatic carbocycles. The summed E-state index contributed by atoms with van der Waals surface area (Å²) >= 11 is 0. The second kappa shape index (κ2) is 5.82. The number of hydrazine groups is 1. The molecule has 1 atom stereocenters. The molecule has 0 aromatic carbocycles. The van der Waals surface area contributed by atoms with Gasteiger partial charge in [0, 0.05) is 7.05 Å². The molecular weight excluding hydrogens is 200 g/mol. The van der Waals surface area contributed by atoms with Gasteiger partial charge >= 0.3 is 0 Å². The van der Waals surface area contributed by atoms with Crippen molar-refractivity contribution in [3.8, 4) is 0 Å². The topological polar surface area (TPSA) is 55.9 Å². The van der Waals surface area contributed by atoms with Crippen molar-refractivity contribution >= 4 is 0 Å². The third-order valence-electron chi connectivity index (χ3n) is 2.88. The molecule has 0 bridgehead atoms. The Morgan fingerprint density at radius 1 is 1.62 bits per heavy atom. The number of nitrogens with two attached hydrogens (primary N) is 1. The van der Waals surface area contributed by atoms with Crippen LogP contribution < -0.4 is 11.3 Å². The highest BCUT2D eigenvalue weighted by atomic mass is 15.3. The Bertz CT molecular complexity index is 354. The van der Waals surface area contributed by atoms with Crippen molar-refractivity contribution < 1.29 is 0 Å². The summed E-state index contributed by atoms with van der Waals surface area (Å²) in [6, 6.07) is 2.21. The summed E-state index contributed by atoms with van der Waals surface area (Å²) in [7, 11) is 1.95. The van der Waals surface area contributed by atoms with Crippen LogP contribution in [0.3, 0.4) is 0 Å². The van der Waals surface area contributed by atoms with Crippen LogP contribution in [0, 0.1) is 0 Å². The molecule has 0 spiro atoms. The first-order valence-corrected chi connectivity index (χ1v) is 5.77. The van der Waals surface area contributed by atoms with Gasteiger partial charge in [-0.15, -0.1) is 0 Å². The zero-order valence-corrected chi connectivity index (χ0v) is 10.5. The molecule has 3 N–H and O–H groups in total. The Kier molecular flexibility index (Phi) is 4.71. The summed E-state index contributed by atoms with van der Waals surface area (Å²) in [5.41, 5.74) is 6.25. The van der Waals surface area contributed by atoms with Crippen molar-refractivity contribution in [2.45, 2.75) is 39.2 Å². The van der Waals surface area contributed by atoms with E-state index in [4.69, 9.17) is 5.84 Å². The lowest BCUT2D eigenvalue weighted by atomic mass is 10.0. The van der Waals surface area contributed by atoms with Crippen molar-refractivity contribution in [2.24, 2.45) is 12.9 Å². The van der Waals surface area contributed by atoms with Gasteiger partial charge in [0.05, 0.1) is 17.4 Å². The molecule has 0 saturated heterocycles. The highest BCUT2D eigenvalue weighted by Crippen LogP contribution is 2.21. The molecule has 0 amide bonds. The Hall–Kier alpha value is -1.13. The van der Waals surface area contributed by atoms with Gasteiger partial charge in [-0.25, -0.2) is 0 Å². The van der Waals surface area contributed by atoms with E-state index >= 15 is 0 Å². The van der Waals surface area contributed by atoms with Crippen LogP contribution in [0.15, 0.2) is 18.2 Å². The predicted octanol–water partition coefficient (Wildman–Crippen LogP) is 1.84. The first kappa shape index (κ1) is 12.9. The number of hydrogen-bond acceptors (Lipinski definition) is 3. The minimum Gasteiger partial charge on any atom is -0.271 e. The van der Waals surface area contributed by atoms with Crippen LogP contribution in [0.4, 0.5) is 0 Å². The second-order valence-corrected chi connectivity index (χ2v) is 4.06. The fourth-order valence-electron chi connectivity index (χ4n) is 1.72. The van der Waals surface area contributed by atoms with Crippen molar-refractivity contribution in [3.63, 3.8) is 0 Å². The summed E-state index contributed by atoms with van der Waals surface area (Å²) in [5.74, 6) is 5.60. The largest absolute Gasteiger partial charge is 0.271 e. The maximum Gasteiger partial charge on any atom is 0.0665 e. The molecule has 0 aliphatic rings. The van der Waals surface area contributed by atoms with E-state index in [2.05, 4.69) is 37.0 Å². The maximum absolute atomic E-state index is 5.60. The molecule has 0 saturated carbocycles. The molecule has 1 aromatic rings. The molecule has 1 rings (SSSR count). The first-order valence-electron chi connectivity index (χ1n) is 5.77. The van der Waals surface area contributed by atoms with Gasteiger partial charge in [0.15, 0.2) is 0 Å². The van der Waals surface area contributed by atoms with Gasteiger partial charge in [-0.05, 0) is 25.3 Å². The quantitative estimate of drug-likeness (QED) is 0.439. The highest BCUT2D eigenvalue weighted by molar-refractivity contribution is 5.16. The molecule has 1 unspecified atom stereocenters. The molecule has 16 heavy (non-hydrogen) atoms. The van der Waals surface area contributed by atoms with Gasteiger partial charge in [-0.1, -0.05) is 26.0 Å². The number of nitrogens with one attached hydrogen (secondary N) is 1. The third kappa shape index (κ3) is 2.93. The van der Waals surface area contributed by atoms with Crippen LogP contribution in [0.2, 0.25) is 0 Å². The minimum absolute atomic E-state index is 0.102. The average Bonchev–Trinajstić information content (AvgIpc) is 2.67. The van der Waals surface area contributed by atoms with E-state index in [0.717, 1.165) is 30.7 Å². The molecule has 4 heteroatoms. The third-order valence-corrected chi connectivity index (χ3v) is 2.88. The van der Waals surface area contributed by atoms with Crippen molar-refractivity contribution in [1.82, 2.24) is 15.2 Å². The van der Waals surface area contributed by atoms with E-state index in [1.165, 1.54) is 5.57 Å². The number of rotatable bonds is 6. The summed E-state index contributed by atoms with van der Waals surface area (Å²) in [6.45, 7) is 8.22. The standard InChI is InChI=1S/C12H22N4/c1-5-9(3)7-11(14-13)12-8-10(6-2)15-16(12)4/h8,11,14H,3,5-7,13H2,1-2,4H3. The lowest BCUT2D eigenvalue weighted by Crippen LogP contribution is -2.29. The van der Waals surface area contributed by atoms with Gasteiger partial charge in [0.2, 0.25) is 0 Å². The lowest BCUT2D eigenvalue weighted by molar-refractivity contribution is 0.503. The van der Waals surface area contributed by atoms with Crippen molar-refractivity contribution in [2.75, 3.05) is 0 Å². The van der Waals surface area contributed by atoms with E-state index in [1.54, 1.807) is 0 Å². The molecule has 0 fully saturated rings. The fraction of sp³-hybridized carbons (Fsp3) is 0.583. The summed E-state index contributed by atoms with van der Waals surface area (Å²) in [5, 5.41) is 4.42. The van der Waals surface area contributed by atoms with E-state index in [1.807, 2.05) is 11.7 Å². The molecule has 90 valence electrons. The van der Waals surface area contributed by atoms with Gasteiger partial charge in [-0.2, -0.15) is 5.10 Å². The number of hydrogen-bond donors (Lipinski definition) is 2. The van der Waals surface area contributed by atoms with Crippen LogP contribution in [-0.4, -0.2) is 9.78 Å². The lowest BCUT2D eigenvalue weighted by Gasteiger charge is -2.16. The normalized spacial score (nSPS) is 12.8. The fourth-order valence-corrected chi connectivity index (χ4v) is 1.72. The van der Waals surface area contributed by atoms with Crippen LogP contribution in [0.5, 0.6) is 0 Å². The summed E-state index contributed by atoms with van der Waals surface area (Å²) in [6.07, 6.45) is 2.78. The summed E-state index contributed by atoms with van der Waals surface area (Å²) in [4.78, 5) is 0. The Balaban J connectivity index is 2.85. The van der Waals surface area contributed by atoms with E-state index in [-0.39, 0.29) is 6.04 Å². The number of nitrogens with zero attached hydrogens (tertiary/aromatic N) is 2. The smallest absolute Gasteiger partial charge is 0.0665 e. The Morgan fingerprint density at radius 3 is 2.75 bits per heavy atom. The average molecular weight is 222 g/mol. The summed E-state index contributed by atoms with van der Waals surface area (Å²) < 4.78 is 1.90. The SMILES string of the molecule is C=C(CC)CC(NN)c1cc(CC)nn1C. The van der Waals surface area contributed by atoms with Crippen molar-refractivity contribution in [3.05, 3.63) is 29.6 Å². The number of aryl methyl sites for hydroxylation is 2. The first-order chi connectivity index (χ1) is 7.62. The van der Waals surface area contributed by atoms with Crippen LogP contribution in [0.25, 0.3) is 0 Å². The van der Waals surface area contributed by atoms with Crippen LogP contribution in [-0.2, 0) is 13.5 Å². The zero-order valence-electron chi connectivity index (χ0n) is 10.5. The van der Waals surface area contributed by atoms with E-state index in [9.17, 15) is 0 Å². The van der Waals surface area contributed by atoms with Crippen molar-refractivity contribution in [1.29, 1.82) is 0 Å². The molecule has 1 aromatic heterocycles. The maximum atomic E-state index is 5.60. The van der Waals surface area contributed by atoms with E-state index < -0.39 is 0 Å². The molecule has 1 heterocycles. The van der Waals surface area contributed by atoms with Gasteiger partial charge in [0.25, 0.3) is 0 Å². The molecular formula is C12H22N4. The number of aromatic nitrogens is 2. The Labute approximate surface area is 97.5 Å².